The minimum Gasteiger partial charge on any atom is -0.381 e. The maximum absolute atomic E-state index is 13.2. The molecule has 1 fully saturated rings. The van der Waals surface area contributed by atoms with Gasteiger partial charge in [-0.3, -0.25) is 4.79 Å². The molecule has 3 aromatic heterocycles. The third kappa shape index (κ3) is 4.91. The van der Waals surface area contributed by atoms with Crippen molar-refractivity contribution in [1.82, 2.24) is 29.5 Å². The monoisotopic (exact) mass is 527 g/mol. The summed E-state index contributed by atoms with van der Waals surface area (Å²) in [6.07, 6.45) is 6.89. The molecule has 4 aromatic rings. The van der Waals surface area contributed by atoms with Crippen molar-refractivity contribution in [2.24, 2.45) is 11.8 Å². The molecule has 0 spiro atoms. The van der Waals surface area contributed by atoms with Crippen molar-refractivity contribution in [3.63, 3.8) is 0 Å². The van der Waals surface area contributed by atoms with Crippen molar-refractivity contribution in [1.29, 1.82) is 0 Å². The van der Waals surface area contributed by atoms with Crippen LogP contribution in [0.5, 0.6) is 0 Å². The molecule has 0 bridgehead atoms. The number of ether oxygens (including phenoxy) is 1. The molecule has 9 heteroatoms. The molecule has 2 aliphatic heterocycles. The van der Waals surface area contributed by atoms with Crippen molar-refractivity contribution in [2.45, 2.75) is 66.3 Å². The lowest BCUT2D eigenvalue weighted by Crippen LogP contribution is -2.41. The molecular formula is C30H37N7O2. The number of aryl methyl sites for hydroxylation is 2. The van der Waals surface area contributed by atoms with Crippen molar-refractivity contribution in [2.75, 3.05) is 18.5 Å². The molecule has 0 radical (unpaired) electrons. The molecule has 204 valence electrons. The molecule has 0 saturated carbocycles. The van der Waals surface area contributed by atoms with Crippen LogP contribution in [0.1, 0.15) is 58.8 Å². The zero-order valence-corrected chi connectivity index (χ0v) is 23.7. The van der Waals surface area contributed by atoms with Gasteiger partial charge in [-0.25, -0.2) is 24.9 Å². The van der Waals surface area contributed by atoms with Gasteiger partial charge in [0, 0.05) is 43.4 Å². The number of hydrogen-bond acceptors (Lipinski definition) is 7. The number of benzene rings is 1. The maximum atomic E-state index is 13.2. The van der Waals surface area contributed by atoms with E-state index in [9.17, 15) is 4.79 Å². The van der Waals surface area contributed by atoms with E-state index >= 15 is 0 Å². The van der Waals surface area contributed by atoms with Crippen LogP contribution in [0.15, 0.2) is 36.9 Å². The topological polar surface area (TPSA) is 108 Å². The third-order valence-electron chi connectivity index (χ3n) is 7.50. The van der Waals surface area contributed by atoms with E-state index in [2.05, 4.69) is 70.5 Å². The lowest BCUT2D eigenvalue weighted by atomic mass is 9.69. The molecule has 1 aromatic carbocycles. The number of carbonyl (C=O) groups is 1. The molecular weight excluding hydrogens is 490 g/mol. The van der Waals surface area contributed by atoms with Crippen molar-refractivity contribution >= 4 is 22.8 Å². The summed E-state index contributed by atoms with van der Waals surface area (Å²) in [6, 6.07) is 6.08. The first kappa shape index (κ1) is 26.9. The number of fused-ring (bicyclic) bond motifs is 2. The molecule has 1 saturated heterocycles. The zero-order valence-electron chi connectivity index (χ0n) is 23.7. The minimum absolute atomic E-state index is 0.0568. The Hall–Kier alpha value is -3.72. The van der Waals surface area contributed by atoms with Gasteiger partial charge in [-0.15, -0.1) is 0 Å². The number of nitrogens with zero attached hydrogens (tertiary/aromatic N) is 6. The standard InChI is InChI=1S/C26H27N7O2.C4H10/c1-4-33-23(17-12-27-15(2)28-13-17)32-22-21(29-14-30-24(22)33)16-5-6-20-19(11-16)26(3,25(34)31-20)18-7-9-35-10-8-18;1-4(2)3/h5-6,11-14,18H,4,7-10H2,1-3H3,(H,31,34);4H,1-3H3. The van der Waals surface area contributed by atoms with Crippen LogP contribution < -0.4 is 5.32 Å². The van der Waals surface area contributed by atoms with Crippen LogP contribution in [0.25, 0.3) is 33.8 Å². The Balaban J connectivity index is 0.000000723. The molecule has 1 amide bonds. The summed E-state index contributed by atoms with van der Waals surface area (Å²) in [4.78, 5) is 36.0. The van der Waals surface area contributed by atoms with Crippen LogP contribution in [0, 0.1) is 18.8 Å². The molecule has 0 aliphatic carbocycles. The van der Waals surface area contributed by atoms with Crippen molar-refractivity contribution in [3.05, 3.63) is 48.3 Å². The molecule has 1 unspecified atom stereocenters. The van der Waals surface area contributed by atoms with Crippen LogP contribution in [0.4, 0.5) is 5.69 Å². The Morgan fingerprint density at radius 2 is 1.77 bits per heavy atom. The highest BCUT2D eigenvalue weighted by Gasteiger charge is 2.48. The molecule has 39 heavy (non-hydrogen) atoms. The number of hydrogen-bond donors (Lipinski definition) is 1. The summed E-state index contributed by atoms with van der Waals surface area (Å²) in [5.74, 6) is 2.59. The third-order valence-corrected chi connectivity index (χ3v) is 7.50. The predicted octanol–water partition coefficient (Wildman–Crippen LogP) is 5.58. The van der Waals surface area contributed by atoms with Gasteiger partial charge in [0.1, 0.15) is 29.2 Å². The molecule has 1 N–H and O–H groups in total. The minimum atomic E-state index is -0.603. The highest BCUT2D eigenvalue weighted by Crippen LogP contribution is 2.47. The first-order valence-corrected chi connectivity index (χ1v) is 13.8. The second-order valence-electron chi connectivity index (χ2n) is 11.1. The van der Waals surface area contributed by atoms with Crippen LogP contribution in [-0.2, 0) is 21.5 Å². The highest BCUT2D eigenvalue weighted by atomic mass is 16.5. The van der Waals surface area contributed by atoms with E-state index in [1.807, 2.05) is 19.1 Å². The summed E-state index contributed by atoms with van der Waals surface area (Å²) in [6.45, 7) is 14.6. The Kier molecular flexibility index (Phi) is 7.44. The fourth-order valence-corrected chi connectivity index (χ4v) is 5.46. The molecule has 9 nitrogen and oxygen atoms in total. The molecule has 2 aliphatic rings. The average molecular weight is 528 g/mol. The van der Waals surface area contributed by atoms with E-state index in [1.54, 1.807) is 18.7 Å². The second kappa shape index (κ2) is 10.8. The summed E-state index contributed by atoms with van der Waals surface area (Å²) in [5.41, 5.74) is 5.25. The number of nitrogens with one attached hydrogen (secondary N) is 1. The number of amides is 1. The second-order valence-corrected chi connectivity index (χ2v) is 11.1. The summed E-state index contributed by atoms with van der Waals surface area (Å²) < 4.78 is 7.62. The van der Waals surface area contributed by atoms with E-state index in [1.165, 1.54) is 0 Å². The van der Waals surface area contributed by atoms with E-state index in [-0.39, 0.29) is 11.8 Å². The van der Waals surface area contributed by atoms with Gasteiger partial charge in [-0.05, 0) is 63.1 Å². The van der Waals surface area contributed by atoms with Gasteiger partial charge in [0.25, 0.3) is 0 Å². The quantitative estimate of drug-likeness (QED) is 0.369. The number of carbonyl (C=O) groups excluding carboxylic acids is 1. The van der Waals surface area contributed by atoms with Gasteiger partial charge in [0.15, 0.2) is 5.65 Å². The first-order valence-electron chi connectivity index (χ1n) is 13.8. The maximum Gasteiger partial charge on any atom is 0.235 e. The van der Waals surface area contributed by atoms with Gasteiger partial charge in [-0.2, -0.15) is 0 Å². The van der Waals surface area contributed by atoms with E-state index in [0.29, 0.717) is 25.6 Å². The van der Waals surface area contributed by atoms with Gasteiger partial charge in [0.2, 0.25) is 5.91 Å². The van der Waals surface area contributed by atoms with Gasteiger partial charge < -0.3 is 14.6 Å². The number of aromatic nitrogens is 6. The largest absolute Gasteiger partial charge is 0.381 e. The Labute approximate surface area is 229 Å². The smallest absolute Gasteiger partial charge is 0.235 e. The van der Waals surface area contributed by atoms with E-state index in [0.717, 1.165) is 63.8 Å². The Morgan fingerprint density at radius 3 is 2.44 bits per heavy atom. The SMILES string of the molecule is CC(C)C.CCn1c(-c2cnc(C)nc2)nc2c(-c3ccc4c(c3)C(C)(C3CCOCC3)C(=O)N4)ncnc21. The Bertz CT molecular complexity index is 1490. The predicted molar refractivity (Wildman–Crippen MR) is 152 cm³/mol. The fourth-order valence-electron chi connectivity index (χ4n) is 5.46. The van der Waals surface area contributed by atoms with Crippen molar-refractivity contribution in [3.8, 4) is 22.6 Å². The number of rotatable bonds is 4. The summed E-state index contributed by atoms with van der Waals surface area (Å²) >= 11 is 0. The van der Waals surface area contributed by atoms with Crippen LogP contribution in [0.2, 0.25) is 0 Å². The molecule has 6 rings (SSSR count). The van der Waals surface area contributed by atoms with E-state index in [4.69, 9.17) is 9.72 Å². The van der Waals surface area contributed by atoms with Crippen LogP contribution >= 0.6 is 0 Å². The lowest BCUT2D eigenvalue weighted by Gasteiger charge is -2.35. The first-order chi connectivity index (χ1) is 18.7. The summed E-state index contributed by atoms with van der Waals surface area (Å²) in [7, 11) is 0. The molecule has 5 heterocycles. The zero-order chi connectivity index (χ0) is 27.7. The highest BCUT2D eigenvalue weighted by molar-refractivity contribution is 6.07. The van der Waals surface area contributed by atoms with Gasteiger partial charge in [-0.1, -0.05) is 26.8 Å². The lowest BCUT2D eigenvalue weighted by molar-refractivity contribution is -0.123. The normalized spacial score (nSPS) is 19.1. The van der Waals surface area contributed by atoms with E-state index < -0.39 is 5.41 Å². The molecule has 1 atom stereocenters. The fraction of sp³-hybridized carbons (Fsp3) is 0.467. The van der Waals surface area contributed by atoms with Gasteiger partial charge >= 0.3 is 0 Å². The van der Waals surface area contributed by atoms with Crippen LogP contribution in [-0.4, -0.2) is 48.6 Å². The number of anilines is 1. The Morgan fingerprint density at radius 1 is 1.08 bits per heavy atom. The summed E-state index contributed by atoms with van der Waals surface area (Å²) in [5, 5.41) is 3.10. The van der Waals surface area contributed by atoms with Crippen LogP contribution in [0.3, 0.4) is 0 Å². The van der Waals surface area contributed by atoms with Gasteiger partial charge in [0.05, 0.1) is 11.0 Å². The number of imidazole rings is 1. The van der Waals surface area contributed by atoms with Crippen molar-refractivity contribution < 1.29 is 9.53 Å². The average Bonchev–Trinajstić information content (AvgIpc) is 3.44.